The summed E-state index contributed by atoms with van der Waals surface area (Å²) in [6.45, 7) is 10.8. The molecule has 1 atom stereocenters. The van der Waals surface area contributed by atoms with E-state index in [9.17, 15) is 9.18 Å². The van der Waals surface area contributed by atoms with Crippen molar-refractivity contribution >= 4 is 11.9 Å². The molecule has 2 aliphatic rings. The summed E-state index contributed by atoms with van der Waals surface area (Å²) in [7, 11) is 0. The molecule has 2 heterocycles. The monoisotopic (exact) mass is 419 g/mol. The predicted octanol–water partition coefficient (Wildman–Crippen LogP) is 1.80. The van der Waals surface area contributed by atoms with Gasteiger partial charge in [-0.2, -0.15) is 0 Å². The Bertz CT molecular complexity index is 715. The molecule has 0 aliphatic carbocycles. The minimum Gasteiger partial charge on any atom is -0.486 e. The normalized spacial score (nSPS) is 19.1. The Morgan fingerprint density at radius 2 is 1.83 bits per heavy atom. The molecule has 0 spiro atoms. The molecular weight excluding hydrogens is 385 g/mol. The molecule has 2 saturated heterocycles. The molecular formula is C22H34FN5O2. The van der Waals surface area contributed by atoms with Crippen molar-refractivity contribution < 1.29 is 13.9 Å². The number of nitrogens with one attached hydrogen (secondary N) is 1. The first kappa shape index (κ1) is 22.3. The second-order valence-electron chi connectivity index (χ2n) is 7.90. The molecule has 0 saturated carbocycles. The summed E-state index contributed by atoms with van der Waals surface area (Å²) in [6, 6.07) is 6.42. The van der Waals surface area contributed by atoms with Gasteiger partial charge in [-0.3, -0.25) is 9.69 Å². The van der Waals surface area contributed by atoms with E-state index in [1.165, 1.54) is 6.07 Å². The highest BCUT2D eigenvalue weighted by Gasteiger charge is 2.24. The van der Waals surface area contributed by atoms with Crippen molar-refractivity contribution in [3.63, 3.8) is 0 Å². The summed E-state index contributed by atoms with van der Waals surface area (Å²) in [5.74, 6) is 0.981. The number of likely N-dealkylation sites (tertiary alicyclic amines) is 1. The summed E-state index contributed by atoms with van der Waals surface area (Å²) in [5, 5.41) is 3.34. The summed E-state index contributed by atoms with van der Waals surface area (Å²) >= 11 is 0. The largest absolute Gasteiger partial charge is 0.486 e. The maximum absolute atomic E-state index is 13.8. The molecule has 166 valence electrons. The maximum atomic E-state index is 13.8. The average molecular weight is 420 g/mol. The number of aliphatic imine (C=N–C) groups is 1. The number of hydrogen-bond donors (Lipinski definition) is 1. The van der Waals surface area contributed by atoms with Gasteiger partial charge in [0, 0.05) is 45.8 Å². The number of carbonyl (C=O) groups is 1. The Kier molecular flexibility index (Phi) is 8.30. The number of nitrogens with zero attached hydrogens (tertiary/aromatic N) is 4. The Balaban J connectivity index is 1.48. The van der Waals surface area contributed by atoms with Crippen molar-refractivity contribution in [2.75, 3.05) is 58.9 Å². The number of amides is 1. The molecule has 1 aromatic carbocycles. The van der Waals surface area contributed by atoms with E-state index >= 15 is 0 Å². The van der Waals surface area contributed by atoms with Gasteiger partial charge in [0.05, 0.1) is 13.1 Å². The molecule has 3 rings (SSSR count). The average Bonchev–Trinajstić information content (AvgIpc) is 3.29. The highest BCUT2D eigenvalue weighted by molar-refractivity contribution is 5.80. The molecule has 0 aromatic heterocycles. The first-order valence-corrected chi connectivity index (χ1v) is 11.0. The minimum absolute atomic E-state index is 0.241. The molecule has 1 N–H and O–H groups in total. The highest BCUT2D eigenvalue weighted by atomic mass is 19.1. The third-order valence-corrected chi connectivity index (χ3v) is 5.49. The quantitative estimate of drug-likeness (QED) is 0.540. The summed E-state index contributed by atoms with van der Waals surface area (Å²) in [6.07, 6.45) is 2.01. The van der Waals surface area contributed by atoms with Gasteiger partial charge in [0.25, 0.3) is 0 Å². The zero-order valence-electron chi connectivity index (χ0n) is 18.1. The van der Waals surface area contributed by atoms with Crippen LogP contribution in [0.25, 0.3) is 0 Å². The summed E-state index contributed by atoms with van der Waals surface area (Å²) in [4.78, 5) is 23.5. The number of guanidine groups is 1. The van der Waals surface area contributed by atoms with Crippen LogP contribution in [0.2, 0.25) is 0 Å². The predicted molar refractivity (Wildman–Crippen MR) is 116 cm³/mol. The lowest BCUT2D eigenvalue weighted by molar-refractivity contribution is -0.131. The Morgan fingerprint density at radius 3 is 2.50 bits per heavy atom. The number of rotatable bonds is 7. The number of carbonyl (C=O) groups excluding carboxylic acids is 1. The molecule has 30 heavy (non-hydrogen) atoms. The van der Waals surface area contributed by atoms with Gasteiger partial charge in [0.15, 0.2) is 17.5 Å². The lowest BCUT2D eigenvalue weighted by Crippen LogP contribution is -2.54. The van der Waals surface area contributed by atoms with Crippen molar-refractivity contribution in [2.24, 2.45) is 4.99 Å². The van der Waals surface area contributed by atoms with E-state index in [4.69, 9.17) is 9.73 Å². The van der Waals surface area contributed by atoms with Crippen LogP contribution in [0.4, 0.5) is 4.39 Å². The van der Waals surface area contributed by atoms with Crippen molar-refractivity contribution in [1.82, 2.24) is 20.0 Å². The zero-order chi connectivity index (χ0) is 21.3. The van der Waals surface area contributed by atoms with Gasteiger partial charge in [-0.25, -0.2) is 9.38 Å². The number of ether oxygens (including phenoxy) is 1. The van der Waals surface area contributed by atoms with E-state index in [0.29, 0.717) is 13.1 Å². The number of halogens is 1. The van der Waals surface area contributed by atoms with E-state index in [-0.39, 0.29) is 23.6 Å². The molecule has 0 bridgehead atoms. The fraction of sp³-hybridized carbons (Fsp3) is 0.636. The molecule has 2 aliphatic heterocycles. The van der Waals surface area contributed by atoms with Crippen LogP contribution in [0.1, 0.15) is 26.7 Å². The third kappa shape index (κ3) is 6.32. The number of para-hydroxylation sites is 1. The number of benzene rings is 1. The van der Waals surface area contributed by atoms with E-state index in [1.807, 2.05) is 18.7 Å². The third-order valence-electron chi connectivity index (χ3n) is 5.49. The van der Waals surface area contributed by atoms with Gasteiger partial charge in [0.2, 0.25) is 5.91 Å². The number of piperazine rings is 1. The second kappa shape index (κ2) is 11.2. The number of hydrogen-bond acceptors (Lipinski definition) is 4. The van der Waals surface area contributed by atoms with Crippen molar-refractivity contribution in [2.45, 2.75) is 32.8 Å². The Labute approximate surface area is 178 Å². The van der Waals surface area contributed by atoms with Gasteiger partial charge in [-0.15, -0.1) is 0 Å². The molecule has 1 aromatic rings. The SMILES string of the molecule is CCNC(=NCC(C)Oc1ccccc1F)N1CCN(CC(=O)N2CCCC2)CC1. The highest BCUT2D eigenvalue weighted by Crippen LogP contribution is 2.17. The van der Waals surface area contributed by atoms with Gasteiger partial charge in [0.1, 0.15) is 6.10 Å². The molecule has 2 fully saturated rings. The lowest BCUT2D eigenvalue weighted by atomic mass is 10.3. The maximum Gasteiger partial charge on any atom is 0.236 e. The fourth-order valence-corrected chi connectivity index (χ4v) is 3.81. The van der Waals surface area contributed by atoms with Crippen LogP contribution in [-0.4, -0.2) is 91.6 Å². The first-order chi connectivity index (χ1) is 14.6. The van der Waals surface area contributed by atoms with Crippen molar-refractivity contribution in [1.29, 1.82) is 0 Å². The van der Waals surface area contributed by atoms with Gasteiger partial charge >= 0.3 is 0 Å². The van der Waals surface area contributed by atoms with Gasteiger partial charge < -0.3 is 19.9 Å². The van der Waals surface area contributed by atoms with Crippen molar-refractivity contribution in [3.05, 3.63) is 30.1 Å². The van der Waals surface area contributed by atoms with Crippen LogP contribution >= 0.6 is 0 Å². The first-order valence-electron chi connectivity index (χ1n) is 11.0. The lowest BCUT2D eigenvalue weighted by Gasteiger charge is -2.36. The molecule has 8 heteroatoms. The Hall–Kier alpha value is -2.35. The van der Waals surface area contributed by atoms with E-state index in [2.05, 4.69) is 15.1 Å². The molecule has 7 nitrogen and oxygen atoms in total. The van der Waals surface area contributed by atoms with Crippen LogP contribution in [0.5, 0.6) is 5.75 Å². The van der Waals surface area contributed by atoms with Gasteiger partial charge in [-0.05, 0) is 38.8 Å². The smallest absolute Gasteiger partial charge is 0.236 e. The molecule has 1 amide bonds. The zero-order valence-corrected chi connectivity index (χ0v) is 18.1. The minimum atomic E-state index is -0.361. The topological polar surface area (TPSA) is 60.4 Å². The molecule has 1 unspecified atom stereocenters. The van der Waals surface area contributed by atoms with E-state index in [1.54, 1.807) is 18.2 Å². The van der Waals surface area contributed by atoms with Crippen LogP contribution in [0.15, 0.2) is 29.3 Å². The van der Waals surface area contributed by atoms with Crippen molar-refractivity contribution in [3.8, 4) is 5.75 Å². The van der Waals surface area contributed by atoms with Crippen LogP contribution in [0, 0.1) is 5.82 Å². The summed E-state index contributed by atoms with van der Waals surface area (Å²) in [5.41, 5.74) is 0. The summed E-state index contributed by atoms with van der Waals surface area (Å²) < 4.78 is 19.5. The second-order valence-corrected chi connectivity index (χ2v) is 7.90. The van der Waals surface area contributed by atoms with E-state index < -0.39 is 0 Å². The standard InChI is InChI=1S/C22H34FN5O2/c1-3-24-22(25-16-18(2)30-20-9-5-4-8-19(20)23)28-14-12-26(13-15-28)17-21(29)27-10-6-7-11-27/h4-5,8-9,18H,3,6-7,10-17H2,1-2H3,(H,24,25). The van der Waals surface area contributed by atoms with Crippen LogP contribution in [0.3, 0.4) is 0 Å². The van der Waals surface area contributed by atoms with Crippen LogP contribution < -0.4 is 10.1 Å². The molecule has 0 radical (unpaired) electrons. The fourth-order valence-electron chi connectivity index (χ4n) is 3.81. The van der Waals surface area contributed by atoms with E-state index in [0.717, 1.165) is 64.6 Å². The van der Waals surface area contributed by atoms with Gasteiger partial charge in [-0.1, -0.05) is 12.1 Å². The van der Waals surface area contributed by atoms with Crippen LogP contribution in [-0.2, 0) is 4.79 Å². The Morgan fingerprint density at radius 1 is 1.13 bits per heavy atom.